The van der Waals surface area contributed by atoms with Gasteiger partial charge in [0.2, 0.25) is 5.95 Å². The molecule has 23 heavy (non-hydrogen) atoms. The van der Waals surface area contributed by atoms with Gasteiger partial charge in [-0.1, -0.05) is 6.07 Å². The van der Waals surface area contributed by atoms with Gasteiger partial charge in [-0.05, 0) is 50.3 Å². The second-order valence-corrected chi connectivity index (χ2v) is 6.52. The number of hydrogen-bond donors (Lipinski definition) is 1. The number of rotatable bonds is 2. The zero-order valence-electron chi connectivity index (χ0n) is 13.7. The van der Waals surface area contributed by atoms with E-state index in [-0.39, 0.29) is 6.04 Å². The van der Waals surface area contributed by atoms with E-state index in [2.05, 4.69) is 34.2 Å². The Balaban J connectivity index is 2.04. The van der Waals surface area contributed by atoms with Crippen molar-refractivity contribution >= 4 is 22.5 Å². The highest BCUT2D eigenvalue weighted by Crippen LogP contribution is 2.29. The first kappa shape index (κ1) is 14.4. The summed E-state index contributed by atoms with van der Waals surface area (Å²) in [5.74, 6) is 0.933. The fourth-order valence-electron chi connectivity index (χ4n) is 3.49. The highest BCUT2D eigenvalue weighted by Gasteiger charge is 2.20. The molecule has 0 spiro atoms. The molecular weight excluding hydrogens is 288 g/mol. The number of piperidine rings is 1. The maximum absolute atomic E-state index is 6.20. The molecule has 0 bridgehead atoms. The van der Waals surface area contributed by atoms with Crippen LogP contribution in [0.25, 0.3) is 16.6 Å². The van der Waals surface area contributed by atoms with Crippen molar-refractivity contribution in [2.45, 2.75) is 39.2 Å². The maximum Gasteiger partial charge on any atom is 0.213 e. The summed E-state index contributed by atoms with van der Waals surface area (Å²) in [6, 6.07) is 4.19. The molecule has 1 aliphatic rings. The molecule has 1 unspecified atom stereocenters. The van der Waals surface area contributed by atoms with Crippen molar-refractivity contribution in [1.82, 2.24) is 19.6 Å². The van der Waals surface area contributed by atoms with Gasteiger partial charge in [-0.2, -0.15) is 0 Å². The van der Waals surface area contributed by atoms with Crippen molar-refractivity contribution in [3.8, 4) is 0 Å². The molecule has 120 valence electrons. The first-order chi connectivity index (χ1) is 11.1. The summed E-state index contributed by atoms with van der Waals surface area (Å²) in [5, 5.41) is 9.50. The van der Waals surface area contributed by atoms with Crippen LogP contribution in [0.5, 0.6) is 0 Å². The van der Waals surface area contributed by atoms with Crippen molar-refractivity contribution in [1.29, 1.82) is 0 Å². The van der Waals surface area contributed by atoms with Crippen LogP contribution in [0.3, 0.4) is 0 Å². The van der Waals surface area contributed by atoms with E-state index < -0.39 is 0 Å². The molecule has 1 aliphatic heterocycles. The van der Waals surface area contributed by atoms with Crippen LogP contribution >= 0.6 is 0 Å². The van der Waals surface area contributed by atoms with Crippen molar-refractivity contribution in [3.63, 3.8) is 0 Å². The van der Waals surface area contributed by atoms with Gasteiger partial charge in [0, 0.05) is 24.5 Å². The van der Waals surface area contributed by atoms with Crippen LogP contribution in [0.15, 0.2) is 18.5 Å². The molecule has 0 aliphatic carbocycles. The second-order valence-electron chi connectivity index (χ2n) is 6.52. The Morgan fingerprint density at radius 3 is 2.70 bits per heavy atom. The molecule has 3 heterocycles. The van der Waals surface area contributed by atoms with E-state index in [1.165, 1.54) is 24.8 Å². The van der Waals surface area contributed by atoms with Crippen LogP contribution < -0.4 is 10.6 Å². The Hall–Kier alpha value is -2.21. The Kier molecular flexibility index (Phi) is 3.41. The third-order valence-electron chi connectivity index (χ3n) is 4.63. The van der Waals surface area contributed by atoms with E-state index in [4.69, 9.17) is 10.7 Å². The van der Waals surface area contributed by atoms with E-state index in [1.54, 1.807) is 6.33 Å². The fraction of sp³-hybridized carbons (Fsp3) is 0.471. The molecule has 6 heteroatoms. The zero-order chi connectivity index (χ0) is 16.0. The number of nitrogens with zero attached hydrogens (tertiary/aromatic N) is 5. The molecule has 0 radical (unpaired) electrons. The Labute approximate surface area is 135 Å². The molecule has 0 amide bonds. The highest BCUT2D eigenvalue weighted by atomic mass is 15.3. The summed E-state index contributed by atoms with van der Waals surface area (Å²) >= 11 is 0. The fourth-order valence-corrected chi connectivity index (χ4v) is 3.49. The summed E-state index contributed by atoms with van der Waals surface area (Å²) in [5.41, 5.74) is 10.3. The number of benzene rings is 1. The summed E-state index contributed by atoms with van der Waals surface area (Å²) < 4.78 is 2.01. The van der Waals surface area contributed by atoms with Crippen LogP contribution in [0.2, 0.25) is 0 Å². The topological polar surface area (TPSA) is 72.3 Å². The minimum atomic E-state index is -0.0653. The number of hydrogen-bond acceptors (Lipinski definition) is 5. The maximum atomic E-state index is 6.20. The molecule has 2 aromatic heterocycles. The van der Waals surface area contributed by atoms with Crippen molar-refractivity contribution in [3.05, 3.63) is 29.6 Å². The van der Waals surface area contributed by atoms with Gasteiger partial charge in [0.15, 0.2) is 5.65 Å². The normalized spacial score (nSPS) is 17.1. The van der Waals surface area contributed by atoms with E-state index in [1.807, 2.05) is 11.3 Å². The highest BCUT2D eigenvalue weighted by molar-refractivity contribution is 5.95. The first-order valence-electron chi connectivity index (χ1n) is 8.29. The van der Waals surface area contributed by atoms with Crippen LogP contribution in [-0.2, 0) is 0 Å². The third kappa shape index (κ3) is 2.34. The average molecular weight is 310 g/mol. The van der Waals surface area contributed by atoms with Crippen LogP contribution in [0.1, 0.15) is 43.4 Å². The lowest BCUT2D eigenvalue weighted by molar-refractivity contribution is 0.566. The van der Waals surface area contributed by atoms with Gasteiger partial charge in [-0.25, -0.2) is 4.98 Å². The summed E-state index contributed by atoms with van der Waals surface area (Å²) in [6.45, 7) is 6.15. The third-order valence-corrected chi connectivity index (χ3v) is 4.63. The van der Waals surface area contributed by atoms with Crippen molar-refractivity contribution in [2.75, 3.05) is 18.0 Å². The number of anilines is 1. The molecule has 1 aromatic carbocycles. The van der Waals surface area contributed by atoms with Crippen LogP contribution in [-0.4, -0.2) is 32.7 Å². The van der Waals surface area contributed by atoms with Gasteiger partial charge < -0.3 is 10.6 Å². The number of nitrogens with two attached hydrogens (primary N) is 1. The standard InChI is InChI=1S/C17H22N6/c1-11-8-13(12(2)18)15-14(9-11)16-21-19-10-23(16)17(20-15)22-6-4-3-5-7-22/h8-10,12H,3-7,18H2,1-2H3. The van der Waals surface area contributed by atoms with Gasteiger partial charge in [0.1, 0.15) is 6.33 Å². The quantitative estimate of drug-likeness (QED) is 0.787. The molecule has 1 atom stereocenters. The lowest BCUT2D eigenvalue weighted by Crippen LogP contribution is -2.32. The van der Waals surface area contributed by atoms with E-state index >= 15 is 0 Å². The molecule has 4 rings (SSSR count). The molecule has 1 fully saturated rings. The monoisotopic (exact) mass is 310 g/mol. The molecule has 3 aromatic rings. The number of fused-ring (bicyclic) bond motifs is 3. The molecular formula is C17H22N6. The predicted octanol–water partition coefficient (Wildman–Crippen LogP) is 2.60. The lowest BCUT2D eigenvalue weighted by atomic mass is 10.0. The van der Waals surface area contributed by atoms with Crippen LogP contribution in [0, 0.1) is 6.92 Å². The van der Waals surface area contributed by atoms with Crippen molar-refractivity contribution in [2.24, 2.45) is 5.73 Å². The first-order valence-corrected chi connectivity index (χ1v) is 8.29. The van der Waals surface area contributed by atoms with Crippen molar-refractivity contribution < 1.29 is 0 Å². The molecule has 0 saturated carbocycles. The summed E-state index contributed by atoms with van der Waals surface area (Å²) in [6.07, 6.45) is 5.47. The molecule has 2 N–H and O–H groups in total. The Morgan fingerprint density at radius 2 is 1.96 bits per heavy atom. The van der Waals surface area contributed by atoms with E-state index in [0.29, 0.717) is 0 Å². The summed E-state index contributed by atoms with van der Waals surface area (Å²) in [4.78, 5) is 7.33. The zero-order valence-corrected chi connectivity index (χ0v) is 13.7. The Bertz CT molecular complexity index is 860. The van der Waals surface area contributed by atoms with E-state index in [0.717, 1.165) is 41.2 Å². The second kappa shape index (κ2) is 5.45. The molecule has 1 saturated heterocycles. The van der Waals surface area contributed by atoms with Gasteiger partial charge >= 0.3 is 0 Å². The van der Waals surface area contributed by atoms with Crippen LogP contribution in [0.4, 0.5) is 5.95 Å². The largest absolute Gasteiger partial charge is 0.342 e. The Morgan fingerprint density at radius 1 is 1.17 bits per heavy atom. The predicted molar refractivity (Wildman–Crippen MR) is 91.7 cm³/mol. The summed E-state index contributed by atoms with van der Waals surface area (Å²) in [7, 11) is 0. The number of aromatic nitrogens is 4. The average Bonchev–Trinajstić information content (AvgIpc) is 3.04. The van der Waals surface area contributed by atoms with Gasteiger partial charge in [-0.3, -0.25) is 4.40 Å². The number of aryl methyl sites for hydroxylation is 1. The SMILES string of the molecule is Cc1cc(C(C)N)c2nc(N3CCCCC3)n3cnnc3c2c1. The smallest absolute Gasteiger partial charge is 0.213 e. The van der Waals surface area contributed by atoms with E-state index in [9.17, 15) is 0 Å². The van der Waals surface area contributed by atoms with Gasteiger partial charge in [0.05, 0.1) is 5.52 Å². The minimum Gasteiger partial charge on any atom is -0.342 e. The molecule has 6 nitrogen and oxygen atoms in total. The minimum absolute atomic E-state index is 0.0653. The lowest BCUT2D eigenvalue weighted by Gasteiger charge is -2.28. The van der Waals surface area contributed by atoms with Gasteiger partial charge in [0.25, 0.3) is 0 Å². The van der Waals surface area contributed by atoms with Gasteiger partial charge in [-0.15, -0.1) is 10.2 Å².